The lowest BCUT2D eigenvalue weighted by atomic mass is 10.2. The minimum Gasteiger partial charge on any atom is -0.388 e. The second-order valence-electron chi connectivity index (χ2n) is 4.27. The summed E-state index contributed by atoms with van der Waals surface area (Å²) in [5.74, 6) is 1.64. The number of hydrogen-bond acceptors (Lipinski definition) is 5. The maximum Gasteiger partial charge on any atom is 0.191 e. The molecule has 0 spiro atoms. The van der Waals surface area contributed by atoms with Crippen molar-refractivity contribution in [2.24, 2.45) is 0 Å². The molecular weight excluding hydrogens is 262 g/mol. The molecule has 0 fully saturated rings. The van der Waals surface area contributed by atoms with E-state index in [9.17, 15) is 5.11 Å². The van der Waals surface area contributed by atoms with Gasteiger partial charge in [0.15, 0.2) is 11.0 Å². The highest BCUT2D eigenvalue weighted by Crippen LogP contribution is 2.19. The fraction of sp³-hybridized carbons (Fsp3) is 0.583. The third kappa shape index (κ3) is 3.81. The van der Waals surface area contributed by atoms with Crippen molar-refractivity contribution in [1.82, 2.24) is 25.0 Å². The van der Waals surface area contributed by atoms with Crippen LogP contribution in [0.4, 0.5) is 0 Å². The predicted molar refractivity (Wildman–Crippen MR) is 73.9 cm³/mol. The number of H-pyrrole nitrogens is 1. The number of aliphatic hydroxyl groups is 1. The van der Waals surface area contributed by atoms with Crippen LogP contribution in [0.15, 0.2) is 17.6 Å². The summed E-state index contributed by atoms with van der Waals surface area (Å²) < 4.78 is 2.00. The molecule has 19 heavy (non-hydrogen) atoms. The number of nitrogens with zero attached hydrogens (tertiary/aromatic N) is 4. The van der Waals surface area contributed by atoms with Crippen molar-refractivity contribution in [3.63, 3.8) is 0 Å². The van der Waals surface area contributed by atoms with Crippen molar-refractivity contribution in [3.05, 3.63) is 23.8 Å². The molecule has 0 atom stereocenters. The molecule has 2 rings (SSSR count). The third-order valence-electron chi connectivity index (χ3n) is 2.78. The molecule has 0 saturated heterocycles. The van der Waals surface area contributed by atoms with E-state index in [0.29, 0.717) is 5.82 Å². The third-order valence-corrected chi connectivity index (χ3v) is 3.83. The van der Waals surface area contributed by atoms with E-state index in [2.05, 4.69) is 27.3 Å². The van der Waals surface area contributed by atoms with E-state index in [-0.39, 0.29) is 6.61 Å². The van der Waals surface area contributed by atoms with E-state index in [1.807, 2.05) is 17.0 Å². The Morgan fingerprint density at radius 3 is 3.00 bits per heavy atom. The zero-order chi connectivity index (χ0) is 13.5. The highest BCUT2D eigenvalue weighted by atomic mass is 32.2. The first-order valence-electron chi connectivity index (χ1n) is 6.48. The lowest BCUT2D eigenvalue weighted by molar-refractivity contribution is 0.263. The van der Waals surface area contributed by atoms with Gasteiger partial charge in [-0.3, -0.25) is 5.10 Å². The normalized spacial score (nSPS) is 11.1. The Bertz CT molecular complexity index is 482. The fourth-order valence-electron chi connectivity index (χ4n) is 1.85. The summed E-state index contributed by atoms with van der Waals surface area (Å²) in [5.41, 5.74) is 1.23. The van der Waals surface area contributed by atoms with E-state index in [1.165, 1.54) is 5.56 Å². The van der Waals surface area contributed by atoms with E-state index < -0.39 is 0 Å². The van der Waals surface area contributed by atoms with Crippen LogP contribution in [0.5, 0.6) is 0 Å². The zero-order valence-electron chi connectivity index (χ0n) is 11.0. The number of aromatic amines is 1. The van der Waals surface area contributed by atoms with Gasteiger partial charge in [-0.05, 0) is 24.8 Å². The van der Waals surface area contributed by atoms with Crippen molar-refractivity contribution >= 4 is 11.8 Å². The van der Waals surface area contributed by atoms with Crippen LogP contribution in [-0.2, 0) is 19.6 Å². The summed E-state index contributed by atoms with van der Waals surface area (Å²) in [6, 6.07) is 0. The van der Waals surface area contributed by atoms with Gasteiger partial charge in [-0.1, -0.05) is 18.7 Å². The number of aryl methyl sites for hydroxylation is 1. The van der Waals surface area contributed by atoms with E-state index >= 15 is 0 Å². The molecule has 0 saturated carbocycles. The van der Waals surface area contributed by atoms with Crippen molar-refractivity contribution in [2.45, 2.75) is 44.5 Å². The molecule has 7 heteroatoms. The van der Waals surface area contributed by atoms with Crippen LogP contribution in [0.25, 0.3) is 0 Å². The maximum absolute atomic E-state index is 9.21. The van der Waals surface area contributed by atoms with Crippen LogP contribution in [0.3, 0.4) is 0 Å². The standard InChI is InChI=1S/C12H19N5OS/c1-2-5-17-11(9-18)15-16-12(17)19-6-3-4-10-7-13-14-8-10/h7-8,18H,2-6,9H2,1H3,(H,13,14). The summed E-state index contributed by atoms with van der Waals surface area (Å²) in [5, 5.41) is 25.0. The second kappa shape index (κ2) is 7.30. The Hall–Kier alpha value is -1.34. The molecule has 2 aromatic rings. The number of aliphatic hydroxyl groups excluding tert-OH is 1. The first kappa shape index (κ1) is 14.1. The average molecular weight is 281 g/mol. The van der Waals surface area contributed by atoms with Gasteiger partial charge in [0.25, 0.3) is 0 Å². The van der Waals surface area contributed by atoms with Gasteiger partial charge in [-0.25, -0.2) is 0 Å². The maximum atomic E-state index is 9.21. The smallest absolute Gasteiger partial charge is 0.191 e. The SMILES string of the molecule is CCCn1c(CO)nnc1SCCCc1cn[nH]c1. The molecule has 2 aromatic heterocycles. The van der Waals surface area contributed by atoms with Gasteiger partial charge in [0.05, 0.1) is 6.20 Å². The quantitative estimate of drug-likeness (QED) is 0.568. The molecule has 0 aliphatic heterocycles. The van der Waals surface area contributed by atoms with Crippen LogP contribution in [-0.4, -0.2) is 35.8 Å². The van der Waals surface area contributed by atoms with Crippen molar-refractivity contribution in [3.8, 4) is 0 Å². The van der Waals surface area contributed by atoms with Gasteiger partial charge >= 0.3 is 0 Å². The molecule has 6 nitrogen and oxygen atoms in total. The van der Waals surface area contributed by atoms with E-state index in [1.54, 1.807) is 11.8 Å². The highest BCUT2D eigenvalue weighted by molar-refractivity contribution is 7.99. The van der Waals surface area contributed by atoms with Gasteiger partial charge in [-0.15, -0.1) is 10.2 Å². The zero-order valence-corrected chi connectivity index (χ0v) is 11.9. The first-order chi connectivity index (χ1) is 9.35. The molecule has 0 radical (unpaired) electrons. The summed E-state index contributed by atoms with van der Waals surface area (Å²) >= 11 is 1.69. The fourth-order valence-corrected chi connectivity index (χ4v) is 2.77. The van der Waals surface area contributed by atoms with Gasteiger partial charge in [0.2, 0.25) is 0 Å². The Morgan fingerprint density at radius 2 is 2.32 bits per heavy atom. The second-order valence-corrected chi connectivity index (χ2v) is 5.33. The summed E-state index contributed by atoms with van der Waals surface area (Å²) in [4.78, 5) is 0. The molecule has 0 aromatic carbocycles. The Labute approximate surface area is 116 Å². The number of hydrogen-bond donors (Lipinski definition) is 2. The summed E-state index contributed by atoms with van der Waals surface area (Å²) in [6.45, 7) is 2.91. The van der Waals surface area contributed by atoms with Crippen molar-refractivity contribution < 1.29 is 5.11 Å². The van der Waals surface area contributed by atoms with Crippen LogP contribution < -0.4 is 0 Å². The van der Waals surface area contributed by atoms with E-state index in [0.717, 1.165) is 36.7 Å². The molecule has 2 N–H and O–H groups in total. The minimum atomic E-state index is -0.0530. The number of aromatic nitrogens is 5. The number of nitrogens with one attached hydrogen (secondary N) is 1. The topological polar surface area (TPSA) is 79.6 Å². The minimum absolute atomic E-state index is 0.0530. The van der Waals surface area contributed by atoms with Crippen LogP contribution in [0, 0.1) is 0 Å². The molecular formula is C12H19N5OS. The largest absolute Gasteiger partial charge is 0.388 e. The number of thioether (sulfide) groups is 1. The highest BCUT2D eigenvalue weighted by Gasteiger charge is 2.10. The summed E-state index contributed by atoms with van der Waals surface area (Å²) in [7, 11) is 0. The molecule has 0 aliphatic rings. The first-order valence-corrected chi connectivity index (χ1v) is 7.47. The molecule has 104 valence electrons. The van der Waals surface area contributed by atoms with Gasteiger partial charge in [-0.2, -0.15) is 5.10 Å². The van der Waals surface area contributed by atoms with Gasteiger partial charge in [0, 0.05) is 18.5 Å². The van der Waals surface area contributed by atoms with Crippen LogP contribution >= 0.6 is 11.8 Å². The Balaban J connectivity index is 1.83. The van der Waals surface area contributed by atoms with Gasteiger partial charge in [0.1, 0.15) is 6.61 Å². The summed E-state index contributed by atoms with van der Waals surface area (Å²) in [6.07, 6.45) is 6.87. The molecule has 0 unspecified atom stereocenters. The Kier molecular flexibility index (Phi) is 5.41. The molecule has 0 aliphatic carbocycles. The Morgan fingerprint density at radius 1 is 1.42 bits per heavy atom. The van der Waals surface area contributed by atoms with Crippen LogP contribution in [0.1, 0.15) is 31.2 Å². The lowest BCUT2D eigenvalue weighted by Crippen LogP contribution is -2.05. The van der Waals surface area contributed by atoms with Crippen molar-refractivity contribution in [2.75, 3.05) is 5.75 Å². The number of rotatable bonds is 8. The molecule has 0 bridgehead atoms. The van der Waals surface area contributed by atoms with Crippen LogP contribution in [0.2, 0.25) is 0 Å². The monoisotopic (exact) mass is 281 g/mol. The van der Waals surface area contributed by atoms with Gasteiger partial charge < -0.3 is 9.67 Å². The molecule has 0 amide bonds. The average Bonchev–Trinajstić information content (AvgIpc) is 3.05. The lowest BCUT2D eigenvalue weighted by Gasteiger charge is -2.06. The van der Waals surface area contributed by atoms with E-state index in [4.69, 9.17) is 0 Å². The molecule has 2 heterocycles. The predicted octanol–water partition coefficient (Wildman–Crippen LogP) is 1.63. The van der Waals surface area contributed by atoms with Crippen molar-refractivity contribution in [1.29, 1.82) is 0 Å².